The first kappa shape index (κ1) is 22.8. The lowest BCUT2D eigenvalue weighted by Crippen LogP contribution is -2.33. The van der Waals surface area contributed by atoms with E-state index >= 15 is 0 Å². The van der Waals surface area contributed by atoms with Crippen LogP contribution in [0.2, 0.25) is 10.0 Å². The summed E-state index contributed by atoms with van der Waals surface area (Å²) in [5.41, 5.74) is 2.27. The van der Waals surface area contributed by atoms with E-state index in [-0.39, 0.29) is 22.9 Å². The van der Waals surface area contributed by atoms with Gasteiger partial charge in [-0.1, -0.05) is 56.1 Å². The molecule has 0 aliphatic carbocycles. The van der Waals surface area contributed by atoms with Crippen molar-refractivity contribution in [1.82, 2.24) is 20.1 Å². The van der Waals surface area contributed by atoms with Crippen LogP contribution >= 0.6 is 23.2 Å². The first-order chi connectivity index (χ1) is 14.5. The standard InChI is InChI=1S/C22H23Cl2N5O2/c1-13-9-18(29(28-13)20-17(24)10-16(23)11-25-20)27-19(30)12-26-21(31)14-5-7-15(8-6-14)22(2,3)4/h5-11H,12H2,1-4H3,(H,26,31)(H,27,30). The highest BCUT2D eigenvalue weighted by Gasteiger charge is 2.17. The summed E-state index contributed by atoms with van der Waals surface area (Å²) in [6.45, 7) is 7.88. The van der Waals surface area contributed by atoms with E-state index in [9.17, 15) is 9.59 Å². The molecule has 0 saturated heterocycles. The fourth-order valence-electron chi connectivity index (χ4n) is 2.88. The molecule has 31 heavy (non-hydrogen) atoms. The molecule has 0 bridgehead atoms. The highest BCUT2D eigenvalue weighted by atomic mass is 35.5. The third-order valence-electron chi connectivity index (χ3n) is 4.51. The number of benzene rings is 1. The van der Waals surface area contributed by atoms with E-state index in [0.29, 0.717) is 27.9 Å². The zero-order chi connectivity index (χ0) is 22.8. The van der Waals surface area contributed by atoms with Crippen molar-refractivity contribution in [1.29, 1.82) is 0 Å². The zero-order valence-electron chi connectivity index (χ0n) is 17.7. The van der Waals surface area contributed by atoms with Crippen molar-refractivity contribution in [2.45, 2.75) is 33.1 Å². The molecule has 162 valence electrons. The fraction of sp³-hybridized carbons (Fsp3) is 0.273. The maximum atomic E-state index is 12.4. The van der Waals surface area contributed by atoms with Crippen molar-refractivity contribution in [2.24, 2.45) is 0 Å². The lowest BCUT2D eigenvalue weighted by Gasteiger charge is -2.19. The number of hydrogen-bond donors (Lipinski definition) is 2. The van der Waals surface area contributed by atoms with Crippen LogP contribution in [0.15, 0.2) is 42.6 Å². The van der Waals surface area contributed by atoms with Gasteiger partial charge in [-0.3, -0.25) is 9.59 Å². The van der Waals surface area contributed by atoms with Gasteiger partial charge in [0, 0.05) is 17.8 Å². The van der Waals surface area contributed by atoms with E-state index in [1.807, 2.05) is 12.1 Å². The van der Waals surface area contributed by atoms with Gasteiger partial charge in [-0.15, -0.1) is 0 Å². The van der Waals surface area contributed by atoms with Crippen LogP contribution in [0.4, 0.5) is 5.82 Å². The quantitative estimate of drug-likeness (QED) is 0.585. The molecular weight excluding hydrogens is 437 g/mol. The number of aromatic nitrogens is 3. The summed E-state index contributed by atoms with van der Waals surface area (Å²) in [4.78, 5) is 29.0. The number of anilines is 1. The summed E-state index contributed by atoms with van der Waals surface area (Å²) in [7, 11) is 0. The Morgan fingerprint density at radius 2 is 1.77 bits per heavy atom. The molecule has 7 nitrogen and oxygen atoms in total. The largest absolute Gasteiger partial charge is 0.343 e. The first-order valence-electron chi connectivity index (χ1n) is 9.61. The van der Waals surface area contributed by atoms with Crippen molar-refractivity contribution < 1.29 is 9.59 Å². The minimum atomic E-state index is -0.411. The molecule has 0 radical (unpaired) electrons. The van der Waals surface area contributed by atoms with E-state index in [0.717, 1.165) is 5.56 Å². The predicted molar refractivity (Wildman–Crippen MR) is 122 cm³/mol. The Morgan fingerprint density at radius 1 is 1.10 bits per heavy atom. The molecule has 1 aromatic carbocycles. The molecular formula is C22H23Cl2N5O2. The Balaban J connectivity index is 1.66. The number of aryl methyl sites for hydroxylation is 1. The van der Waals surface area contributed by atoms with Crippen LogP contribution in [0, 0.1) is 6.92 Å². The maximum Gasteiger partial charge on any atom is 0.251 e. The molecule has 2 N–H and O–H groups in total. The van der Waals surface area contributed by atoms with Crippen molar-refractivity contribution in [2.75, 3.05) is 11.9 Å². The molecule has 0 saturated carbocycles. The smallest absolute Gasteiger partial charge is 0.251 e. The Bertz CT molecular complexity index is 1120. The molecule has 0 spiro atoms. The Morgan fingerprint density at radius 3 is 2.39 bits per heavy atom. The van der Waals surface area contributed by atoms with Crippen LogP contribution in [0.25, 0.3) is 5.82 Å². The summed E-state index contributed by atoms with van der Waals surface area (Å²) in [5, 5.41) is 10.3. The predicted octanol–water partition coefficient (Wildman–Crippen LogP) is 4.55. The van der Waals surface area contributed by atoms with E-state index in [2.05, 4.69) is 41.5 Å². The Labute approximate surface area is 190 Å². The molecule has 0 fully saturated rings. The van der Waals surface area contributed by atoms with E-state index in [4.69, 9.17) is 23.2 Å². The molecule has 3 aromatic rings. The van der Waals surface area contributed by atoms with Crippen molar-refractivity contribution in [3.63, 3.8) is 0 Å². The average Bonchev–Trinajstić information content (AvgIpc) is 3.05. The SMILES string of the molecule is Cc1cc(NC(=O)CNC(=O)c2ccc(C(C)(C)C)cc2)n(-c2ncc(Cl)cc2Cl)n1. The number of nitrogens with one attached hydrogen (secondary N) is 2. The van der Waals surface area contributed by atoms with Gasteiger partial charge in [0.15, 0.2) is 5.82 Å². The van der Waals surface area contributed by atoms with Crippen LogP contribution in [-0.2, 0) is 10.2 Å². The normalized spacial score (nSPS) is 11.3. The summed E-state index contributed by atoms with van der Waals surface area (Å²) in [6, 6.07) is 10.6. The monoisotopic (exact) mass is 459 g/mol. The summed E-state index contributed by atoms with van der Waals surface area (Å²) in [5.74, 6) is -0.0333. The Hall–Kier alpha value is -2.90. The molecule has 2 amide bonds. The number of carbonyl (C=O) groups excluding carboxylic acids is 2. The zero-order valence-corrected chi connectivity index (χ0v) is 19.2. The van der Waals surface area contributed by atoms with Crippen LogP contribution in [0.5, 0.6) is 0 Å². The second-order valence-electron chi connectivity index (χ2n) is 8.10. The van der Waals surface area contributed by atoms with Gasteiger partial charge in [-0.05, 0) is 36.1 Å². The maximum absolute atomic E-state index is 12.4. The third kappa shape index (κ3) is 5.62. The number of rotatable bonds is 5. The number of hydrogen-bond acceptors (Lipinski definition) is 4. The molecule has 2 heterocycles. The van der Waals surface area contributed by atoms with Crippen LogP contribution in [0.1, 0.15) is 42.4 Å². The molecule has 3 rings (SSSR count). The third-order valence-corrected chi connectivity index (χ3v) is 5.00. The van der Waals surface area contributed by atoms with E-state index < -0.39 is 5.91 Å². The van der Waals surface area contributed by atoms with Gasteiger partial charge in [-0.2, -0.15) is 9.78 Å². The van der Waals surface area contributed by atoms with Gasteiger partial charge >= 0.3 is 0 Å². The van der Waals surface area contributed by atoms with Gasteiger partial charge in [-0.25, -0.2) is 4.98 Å². The second kappa shape index (κ2) is 9.08. The highest BCUT2D eigenvalue weighted by Crippen LogP contribution is 2.25. The molecule has 0 aliphatic heterocycles. The number of carbonyl (C=O) groups is 2. The van der Waals surface area contributed by atoms with E-state index in [1.165, 1.54) is 10.9 Å². The molecule has 0 unspecified atom stereocenters. The van der Waals surface area contributed by atoms with Crippen molar-refractivity contribution in [3.05, 3.63) is 69.5 Å². The topological polar surface area (TPSA) is 88.9 Å². The first-order valence-corrected chi connectivity index (χ1v) is 10.4. The van der Waals surface area contributed by atoms with Gasteiger partial charge in [0.05, 0.1) is 22.3 Å². The molecule has 0 atom stereocenters. The number of nitrogens with zero attached hydrogens (tertiary/aromatic N) is 3. The lowest BCUT2D eigenvalue weighted by atomic mass is 9.87. The minimum Gasteiger partial charge on any atom is -0.343 e. The summed E-state index contributed by atoms with van der Waals surface area (Å²) < 4.78 is 1.42. The van der Waals surface area contributed by atoms with Gasteiger partial charge in [0.2, 0.25) is 5.91 Å². The highest BCUT2D eigenvalue weighted by molar-refractivity contribution is 6.35. The molecule has 2 aromatic heterocycles. The van der Waals surface area contributed by atoms with Crippen LogP contribution in [-0.4, -0.2) is 33.1 Å². The second-order valence-corrected chi connectivity index (χ2v) is 8.94. The summed E-state index contributed by atoms with van der Waals surface area (Å²) >= 11 is 12.1. The summed E-state index contributed by atoms with van der Waals surface area (Å²) in [6.07, 6.45) is 1.44. The molecule has 0 aliphatic rings. The van der Waals surface area contributed by atoms with Gasteiger partial charge < -0.3 is 10.6 Å². The number of pyridine rings is 1. The number of amides is 2. The van der Waals surface area contributed by atoms with Crippen molar-refractivity contribution >= 4 is 40.8 Å². The van der Waals surface area contributed by atoms with Crippen LogP contribution in [0.3, 0.4) is 0 Å². The van der Waals surface area contributed by atoms with Gasteiger partial charge in [0.25, 0.3) is 5.91 Å². The lowest BCUT2D eigenvalue weighted by molar-refractivity contribution is -0.115. The molecule has 9 heteroatoms. The average molecular weight is 460 g/mol. The Kier molecular flexibility index (Phi) is 6.67. The number of halogens is 2. The van der Waals surface area contributed by atoms with Crippen molar-refractivity contribution in [3.8, 4) is 5.82 Å². The van der Waals surface area contributed by atoms with E-state index in [1.54, 1.807) is 31.2 Å². The van der Waals surface area contributed by atoms with Crippen LogP contribution < -0.4 is 10.6 Å². The minimum absolute atomic E-state index is 0.00217. The van der Waals surface area contributed by atoms with Gasteiger partial charge in [0.1, 0.15) is 5.82 Å². The fourth-order valence-corrected chi connectivity index (χ4v) is 3.34.